The molecule has 1 rings (SSSR count). The highest BCUT2D eigenvalue weighted by Crippen LogP contribution is 2.43. The second-order valence-electron chi connectivity index (χ2n) is 6.04. The molecule has 0 radical (unpaired) electrons. The average Bonchev–Trinajstić information content (AvgIpc) is 2.65. The van der Waals surface area contributed by atoms with E-state index in [4.69, 9.17) is 4.74 Å². The van der Waals surface area contributed by atoms with Crippen LogP contribution in [-0.4, -0.2) is 34.1 Å². The van der Waals surface area contributed by atoms with Crippen molar-refractivity contribution in [2.24, 2.45) is 5.92 Å². The standard InChI is InChI=1S/C14H23NO4S/c1-13(2,3)19-12(18)15-8-5-6-10-7-9-20-14(10,4)11(16)17/h7,9-10H,5-6,8H2,1-4H3,(H,15,18)(H,16,17). The van der Waals surface area contributed by atoms with Crippen molar-refractivity contribution in [2.45, 2.75) is 50.9 Å². The molecule has 6 heteroatoms. The Morgan fingerprint density at radius 1 is 1.45 bits per heavy atom. The molecule has 0 bridgehead atoms. The van der Waals surface area contributed by atoms with Gasteiger partial charge >= 0.3 is 12.1 Å². The van der Waals surface area contributed by atoms with Gasteiger partial charge in [-0.25, -0.2) is 4.79 Å². The highest BCUT2D eigenvalue weighted by atomic mass is 32.2. The lowest BCUT2D eigenvalue weighted by molar-refractivity contribution is -0.140. The monoisotopic (exact) mass is 301 g/mol. The van der Waals surface area contributed by atoms with Crippen molar-refractivity contribution in [2.75, 3.05) is 6.54 Å². The first-order valence-corrected chi connectivity index (χ1v) is 7.58. The fourth-order valence-corrected chi connectivity index (χ4v) is 2.98. The number of hydrogen-bond donors (Lipinski definition) is 2. The zero-order valence-electron chi connectivity index (χ0n) is 12.4. The van der Waals surface area contributed by atoms with Crippen LogP contribution in [0.15, 0.2) is 11.5 Å². The average molecular weight is 301 g/mol. The lowest BCUT2D eigenvalue weighted by Crippen LogP contribution is -2.37. The largest absolute Gasteiger partial charge is 0.480 e. The summed E-state index contributed by atoms with van der Waals surface area (Å²) in [6.07, 6.45) is 2.95. The van der Waals surface area contributed by atoms with E-state index in [1.54, 1.807) is 6.92 Å². The van der Waals surface area contributed by atoms with E-state index >= 15 is 0 Å². The van der Waals surface area contributed by atoms with Gasteiger partial charge in [-0.2, -0.15) is 0 Å². The Hall–Kier alpha value is -1.17. The summed E-state index contributed by atoms with van der Waals surface area (Å²) in [6.45, 7) is 7.66. The van der Waals surface area contributed by atoms with Gasteiger partial charge in [-0.3, -0.25) is 4.79 Å². The first-order valence-electron chi connectivity index (χ1n) is 6.70. The Kier molecular flexibility index (Phi) is 5.50. The minimum Gasteiger partial charge on any atom is -0.480 e. The molecule has 5 nitrogen and oxygen atoms in total. The summed E-state index contributed by atoms with van der Waals surface area (Å²) in [5.74, 6) is -0.803. The second kappa shape index (κ2) is 6.52. The number of alkyl carbamates (subject to hydrolysis) is 1. The van der Waals surface area contributed by atoms with Crippen molar-refractivity contribution < 1.29 is 19.4 Å². The molecular formula is C14H23NO4S. The van der Waals surface area contributed by atoms with Crippen LogP contribution in [-0.2, 0) is 9.53 Å². The molecule has 1 aliphatic heterocycles. The molecule has 0 saturated heterocycles. The number of carboxylic acid groups (broad SMARTS) is 1. The molecule has 0 aromatic carbocycles. The van der Waals surface area contributed by atoms with E-state index in [9.17, 15) is 14.7 Å². The van der Waals surface area contributed by atoms with Gasteiger partial charge in [-0.15, -0.1) is 11.8 Å². The number of aliphatic carboxylic acids is 1. The molecular weight excluding hydrogens is 278 g/mol. The number of nitrogens with one attached hydrogen (secondary N) is 1. The Labute approximate surface area is 124 Å². The number of allylic oxidation sites excluding steroid dienone is 1. The number of carbonyl (C=O) groups is 2. The number of ether oxygens (including phenoxy) is 1. The van der Waals surface area contributed by atoms with Gasteiger partial charge in [0.25, 0.3) is 0 Å². The van der Waals surface area contributed by atoms with Gasteiger partial charge in [0.2, 0.25) is 0 Å². The summed E-state index contributed by atoms with van der Waals surface area (Å²) >= 11 is 1.34. The number of rotatable bonds is 5. The van der Waals surface area contributed by atoms with Gasteiger partial charge in [0.1, 0.15) is 10.3 Å². The van der Waals surface area contributed by atoms with E-state index in [0.29, 0.717) is 6.54 Å². The Balaban J connectivity index is 2.30. The number of amides is 1. The molecule has 0 fully saturated rings. The third-order valence-electron chi connectivity index (χ3n) is 3.12. The van der Waals surface area contributed by atoms with Crippen molar-refractivity contribution in [1.82, 2.24) is 5.32 Å². The fraction of sp³-hybridized carbons (Fsp3) is 0.714. The quantitative estimate of drug-likeness (QED) is 0.763. The Morgan fingerprint density at radius 2 is 2.10 bits per heavy atom. The molecule has 20 heavy (non-hydrogen) atoms. The molecule has 0 aliphatic carbocycles. The van der Waals surface area contributed by atoms with E-state index < -0.39 is 22.4 Å². The second-order valence-corrected chi connectivity index (χ2v) is 7.39. The topological polar surface area (TPSA) is 75.6 Å². The third-order valence-corrected chi connectivity index (χ3v) is 4.38. The Morgan fingerprint density at radius 3 is 2.65 bits per heavy atom. The van der Waals surface area contributed by atoms with Gasteiger partial charge in [-0.1, -0.05) is 6.08 Å². The van der Waals surface area contributed by atoms with Gasteiger partial charge in [0.15, 0.2) is 0 Å². The molecule has 1 aliphatic rings. The van der Waals surface area contributed by atoms with Crippen molar-refractivity contribution in [3.63, 3.8) is 0 Å². The molecule has 0 spiro atoms. The summed E-state index contributed by atoms with van der Waals surface area (Å²) in [5, 5.41) is 13.8. The molecule has 1 amide bonds. The van der Waals surface area contributed by atoms with Crippen molar-refractivity contribution in [3.8, 4) is 0 Å². The predicted molar refractivity (Wildman–Crippen MR) is 79.7 cm³/mol. The van der Waals surface area contributed by atoms with Crippen molar-refractivity contribution >= 4 is 23.8 Å². The number of carbonyl (C=O) groups excluding carboxylic acids is 1. The molecule has 2 atom stereocenters. The highest BCUT2D eigenvalue weighted by molar-refractivity contribution is 8.04. The minimum absolute atomic E-state index is 0.00886. The predicted octanol–water partition coefficient (Wildman–Crippen LogP) is 3.01. The van der Waals surface area contributed by atoms with Crippen molar-refractivity contribution in [3.05, 3.63) is 11.5 Å². The number of thioether (sulfide) groups is 1. The van der Waals surface area contributed by atoms with E-state index in [0.717, 1.165) is 12.8 Å². The fourth-order valence-electron chi connectivity index (χ4n) is 1.95. The number of carboxylic acids is 1. The lowest BCUT2D eigenvalue weighted by atomic mass is 9.89. The molecule has 0 saturated carbocycles. The third kappa shape index (κ3) is 4.74. The van der Waals surface area contributed by atoms with Crippen LogP contribution < -0.4 is 5.32 Å². The molecule has 114 valence electrons. The van der Waals surface area contributed by atoms with E-state index in [-0.39, 0.29) is 5.92 Å². The first kappa shape index (κ1) is 16.9. The van der Waals surface area contributed by atoms with Crippen LogP contribution in [0.4, 0.5) is 4.79 Å². The maximum atomic E-state index is 11.4. The van der Waals surface area contributed by atoms with Crippen LogP contribution in [0.2, 0.25) is 0 Å². The minimum atomic E-state index is -0.794. The summed E-state index contributed by atoms with van der Waals surface area (Å²) < 4.78 is 4.34. The van der Waals surface area contributed by atoms with Crippen LogP contribution in [0.1, 0.15) is 40.5 Å². The van der Waals surface area contributed by atoms with Gasteiger partial charge < -0.3 is 15.2 Å². The van der Waals surface area contributed by atoms with Gasteiger partial charge in [0.05, 0.1) is 0 Å². The smallest absolute Gasteiger partial charge is 0.407 e. The van der Waals surface area contributed by atoms with E-state index in [1.807, 2.05) is 32.3 Å². The van der Waals surface area contributed by atoms with Gasteiger partial charge in [0, 0.05) is 12.5 Å². The summed E-state index contributed by atoms with van der Waals surface area (Å²) in [6, 6.07) is 0. The molecule has 0 aromatic rings. The van der Waals surface area contributed by atoms with Gasteiger partial charge in [-0.05, 0) is 45.9 Å². The normalized spacial score (nSPS) is 25.5. The SMILES string of the molecule is CC(C)(C)OC(=O)NCCCC1C=CSC1(C)C(=O)O. The number of hydrogen-bond acceptors (Lipinski definition) is 4. The maximum absolute atomic E-state index is 11.4. The first-order chi connectivity index (χ1) is 9.15. The molecule has 2 unspecified atom stereocenters. The molecule has 2 N–H and O–H groups in total. The summed E-state index contributed by atoms with van der Waals surface area (Å²) in [5.41, 5.74) is -0.503. The van der Waals surface area contributed by atoms with E-state index in [1.165, 1.54) is 11.8 Å². The highest BCUT2D eigenvalue weighted by Gasteiger charge is 2.42. The summed E-state index contributed by atoms with van der Waals surface area (Å²) in [7, 11) is 0. The summed E-state index contributed by atoms with van der Waals surface area (Å²) in [4.78, 5) is 22.7. The zero-order chi connectivity index (χ0) is 15.4. The Bertz CT molecular complexity index is 402. The zero-order valence-corrected chi connectivity index (χ0v) is 13.3. The van der Waals surface area contributed by atoms with Crippen LogP contribution in [0.25, 0.3) is 0 Å². The van der Waals surface area contributed by atoms with Crippen LogP contribution in [0, 0.1) is 5.92 Å². The van der Waals surface area contributed by atoms with Crippen molar-refractivity contribution in [1.29, 1.82) is 0 Å². The van der Waals surface area contributed by atoms with Crippen LogP contribution >= 0.6 is 11.8 Å². The van der Waals surface area contributed by atoms with Crippen LogP contribution in [0.5, 0.6) is 0 Å². The molecule has 0 aromatic heterocycles. The van der Waals surface area contributed by atoms with E-state index in [2.05, 4.69) is 5.32 Å². The van der Waals surface area contributed by atoms with Crippen LogP contribution in [0.3, 0.4) is 0 Å². The lowest BCUT2D eigenvalue weighted by Gasteiger charge is -2.25. The molecule has 1 heterocycles. The maximum Gasteiger partial charge on any atom is 0.407 e.